The highest BCUT2D eigenvalue weighted by atomic mass is 35.5. The number of piperazine rings is 1. The summed E-state index contributed by atoms with van der Waals surface area (Å²) in [7, 11) is 0. The molecule has 0 spiro atoms. The van der Waals surface area contributed by atoms with Gasteiger partial charge in [0.15, 0.2) is 0 Å². The quantitative estimate of drug-likeness (QED) is 0.760. The highest BCUT2D eigenvalue weighted by Gasteiger charge is 2.08. The van der Waals surface area contributed by atoms with Gasteiger partial charge < -0.3 is 5.32 Å². The summed E-state index contributed by atoms with van der Waals surface area (Å²) in [5, 5.41) is 3.36. The number of rotatable bonds is 2. The number of nitrogens with zero attached hydrogens (tertiary/aromatic N) is 2. The van der Waals surface area contributed by atoms with Gasteiger partial charge in [-0.15, -0.1) is 24.8 Å². The highest BCUT2D eigenvalue weighted by molar-refractivity contribution is 7.99. The molecule has 2 fully saturated rings. The van der Waals surface area contributed by atoms with Gasteiger partial charge in [0.1, 0.15) is 0 Å². The average molecular weight is 312 g/mol. The van der Waals surface area contributed by atoms with Gasteiger partial charge in [0.05, 0.1) is 13.1 Å². The molecule has 2 saturated heterocycles. The van der Waals surface area contributed by atoms with Crippen molar-refractivity contribution < 1.29 is 0 Å². The van der Waals surface area contributed by atoms with Crippen molar-refractivity contribution in [3.8, 4) is 11.8 Å². The standard InChI is InChI=1S/C12H21N3S.2ClH/c1(5-14-7-3-13-4-8-14)2-6-15-9-11-16-12-10-15;;/h13H,3-12H2;2*1H. The molecule has 0 aromatic rings. The first kappa shape index (κ1) is 18.4. The molecule has 2 rings (SSSR count). The van der Waals surface area contributed by atoms with Gasteiger partial charge >= 0.3 is 0 Å². The Balaban J connectivity index is 0.00000144. The Morgan fingerprint density at radius 1 is 0.833 bits per heavy atom. The Hall–Kier alpha value is 0.370. The smallest absolute Gasteiger partial charge is 0.0602 e. The molecule has 2 heterocycles. The van der Waals surface area contributed by atoms with Gasteiger partial charge in [0.2, 0.25) is 0 Å². The number of thioether (sulfide) groups is 1. The molecule has 2 aliphatic heterocycles. The van der Waals surface area contributed by atoms with Crippen LogP contribution in [0, 0.1) is 11.8 Å². The molecular weight excluding hydrogens is 289 g/mol. The van der Waals surface area contributed by atoms with Crippen molar-refractivity contribution in [2.75, 3.05) is 63.9 Å². The monoisotopic (exact) mass is 311 g/mol. The van der Waals surface area contributed by atoms with Crippen LogP contribution < -0.4 is 5.32 Å². The molecule has 0 aromatic heterocycles. The van der Waals surface area contributed by atoms with E-state index in [2.05, 4.69) is 38.7 Å². The molecule has 18 heavy (non-hydrogen) atoms. The van der Waals surface area contributed by atoms with E-state index in [0.717, 1.165) is 39.3 Å². The van der Waals surface area contributed by atoms with Crippen LogP contribution in [0.15, 0.2) is 0 Å². The van der Waals surface area contributed by atoms with Crippen LogP contribution in [0.25, 0.3) is 0 Å². The lowest BCUT2D eigenvalue weighted by Gasteiger charge is -2.25. The van der Waals surface area contributed by atoms with Gasteiger partial charge in [-0.1, -0.05) is 11.8 Å². The molecular formula is C12H23Cl2N3S. The van der Waals surface area contributed by atoms with E-state index in [1.165, 1.54) is 24.6 Å². The molecule has 0 aliphatic carbocycles. The second-order valence-corrected chi connectivity index (χ2v) is 5.49. The van der Waals surface area contributed by atoms with E-state index in [1.807, 2.05) is 0 Å². The van der Waals surface area contributed by atoms with Crippen molar-refractivity contribution in [3.05, 3.63) is 0 Å². The van der Waals surface area contributed by atoms with Crippen LogP contribution >= 0.6 is 36.6 Å². The molecule has 0 atom stereocenters. The minimum Gasteiger partial charge on any atom is -0.314 e. The third-order valence-corrected chi connectivity index (χ3v) is 3.99. The highest BCUT2D eigenvalue weighted by Crippen LogP contribution is 2.07. The molecule has 0 bridgehead atoms. The van der Waals surface area contributed by atoms with E-state index in [-0.39, 0.29) is 24.8 Å². The SMILES string of the molecule is C(#CCN1CCSCC1)CN1CCNCC1.Cl.Cl. The molecule has 0 saturated carbocycles. The van der Waals surface area contributed by atoms with Gasteiger partial charge in [-0.25, -0.2) is 0 Å². The van der Waals surface area contributed by atoms with Crippen LogP contribution in [-0.4, -0.2) is 73.7 Å². The fourth-order valence-corrected chi connectivity index (χ4v) is 2.94. The molecule has 0 unspecified atom stereocenters. The average Bonchev–Trinajstić information content (AvgIpc) is 2.37. The third-order valence-electron chi connectivity index (χ3n) is 3.04. The summed E-state index contributed by atoms with van der Waals surface area (Å²) < 4.78 is 0. The number of hydrogen-bond donors (Lipinski definition) is 1. The predicted octanol–water partition coefficient (Wildman–Crippen LogP) is 0.787. The summed E-state index contributed by atoms with van der Waals surface area (Å²) >= 11 is 2.06. The van der Waals surface area contributed by atoms with Crippen molar-refractivity contribution in [1.82, 2.24) is 15.1 Å². The zero-order valence-corrected chi connectivity index (χ0v) is 13.1. The lowest BCUT2D eigenvalue weighted by molar-refractivity contribution is 0.268. The number of hydrogen-bond acceptors (Lipinski definition) is 4. The largest absolute Gasteiger partial charge is 0.314 e. The van der Waals surface area contributed by atoms with E-state index >= 15 is 0 Å². The van der Waals surface area contributed by atoms with Crippen LogP contribution in [0.5, 0.6) is 0 Å². The first-order valence-electron chi connectivity index (χ1n) is 6.14. The van der Waals surface area contributed by atoms with E-state index in [0.29, 0.717) is 0 Å². The summed E-state index contributed by atoms with van der Waals surface area (Å²) in [5.41, 5.74) is 0. The van der Waals surface area contributed by atoms with Gasteiger partial charge in [0, 0.05) is 50.8 Å². The van der Waals surface area contributed by atoms with Gasteiger partial charge in [-0.2, -0.15) is 11.8 Å². The van der Waals surface area contributed by atoms with E-state index in [1.54, 1.807) is 0 Å². The molecule has 2 aliphatic rings. The third kappa shape index (κ3) is 7.08. The van der Waals surface area contributed by atoms with Crippen LogP contribution in [0.2, 0.25) is 0 Å². The van der Waals surface area contributed by atoms with Crippen molar-refractivity contribution in [3.63, 3.8) is 0 Å². The second-order valence-electron chi connectivity index (χ2n) is 4.27. The number of nitrogens with one attached hydrogen (secondary N) is 1. The summed E-state index contributed by atoms with van der Waals surface area (Å²) in [5.74, 6) is 9.16. The molecule has 6 heteroatoms. The minimum absolute atomic E-state index is 0. The molecule has 0 amide bonds. The molecule has 3 nitrogen and oxygen atoms in total. The minimum atomic E-state index is 0. The lowest BCUT2D eigenvalue weighted by Crippen LogP contribution is -2.43. The Bertz CT molecular complexity index is 232. The number of halogens is 2. The Morgan fingerprint density at radius 3 is 1.89 bits per heavy atom. The zero-order valence-electron chi connectivity index (χ0n) is 10.7. The van der Waals surface area contributed by atoms with Crippen molar-refractivity contribution in [2.45, 2.75) is 0 Å². The Morgan fingerprint density at radius 2 is 1.33 bits per heavy atom. The van der Waals surface area contributed by atoms with Crippen molar-refractivity contribution in [1.29, 1.82) is 0 Å². The summed E-state index contributed by atoms with van der Waals surface area (Å²) in [4.78, 5) is 4.89. The fourth-order valence-electron chi connectivity index (χ4n) is 1.96. The van der Waals surface area contributed by atoms with Crippen molar-refractivity contribution >= 4 is 36.6 Å². The second kappa shape index (κ2) is 11.2. The van der Waals surface area contributed by atoms with Gasteiger partial charge in [0.25, 0.3) is 0 Å². The Labute approximate surface area is 127 Å². The summed E-state index contributed by atoms with van der Waals surface area (Å²) in [6, 6.07) is 0. The van der Waals surface area contributed by atoms with Crippen molar-refractivity contribution in [2.24, 2.45) is 0 Å². The first-order chi connectivity index (χ1) is 7.95. The van der Waals surface area contributed by atoms with E-state index in [4.69, 9.17) is 0 Å². The van der Waals surface area contributed by atoms with Gasteiger partial charge in [-0.05, 0) is 0 Å². The molecule has 0 radical (unpaired) electrons. The van der Waals surface area contributed by atoms with Gasteiger partial charge in [-0.3, -0.25) is 9.80 Å². The maximum absolute atomic E-state index is 3.36. The topological polar surface area (TPSA) is 18.5 Å². The summed E-state index contributed by atoms with van der Waals surface area (Å²) in [6.07, 6.45) is 0. The molecule has 106 valence electrons. The maximum Gasteiger partial charge on any atom is 0.0602 e. The predicted molar refractivity (Wildman–Crippen MR) is 85.3 cm³/mol. The van der Waals surface area contributed by atoms with E-state index < -0.39 is 0 Å². The van der Waals surface area contributed by atoms with Crippen LogP contribution in [-0.2, 0) is 0 Å². The van der Waals surface area contributed by atoms with Crippen LogP contribution in [0.1, 0.15) is 0 Å². The maximum atomic E-state index is 3.36. The first-order valence-corrected chi connectivity index (χ1v) is 7.29. The zero-order chi connectivity index (χ0) is 11.1. The fraction of sp³-hybridized carbons (Fsp3) is 0.833. The lowest BCUT2D eigenvalue weighted by atomic mass is 10.3. The van der Waals surface area contributed by atoms with Crippen LogP contribution in [0.4, 0.5) is 0 Å². The van der Waals surface area contributed by atoms with E-state index in [9.17, 15) is 0 Å². The summed E-state index contributed by atoms with van der Waals surface area (Å²) in [6.45, 7) is 8.87. The van der Waals surface area contributed by atoms with Crippen LogP contribution in [0.3, 0.4) is 0 Å². The normalized spacial score (nSPS) is 21.1. The molecule has 1 N–H and O–H groups in total. The molecule has 0 aromatic carbocycles. The Kier molecular flexibility index (Phi) is 11.4.